The molecule has 2 aliphatic heterocycles. The molecule has 0 aliphatic carbocycles. The van der Waals surface area contributed by atoms with Crippen molar-refractivity contribution in [3.05, 3.63) is 0 Å². The first-order valence-electron chi connectivity index (χ1n) is 5.68. The number of hydrogen-bond acceptors (Lipinski definition) is 3. The molecule has 3 nitrogen and oxygen atoms in total. The molecule has 0 radical (unpaired) electrons. The fourth-order valence-corrected chi connectivity index (χ4v) is 3.21. The highest BCUT2D eigenvalue weighted by Gasteiger charge is 2.37. The van der Waals surface area contributed by atoms with Crippen LogP contribution in [0.2, 0.25) is 0 Å². The summed E-state index contributed by atoms with van der Waals surface area (Å²) in [4.78, 5) is 17.4. The van der Waals surface area contributed by atoms with Crippen LogP contribution in [-0.2, 0) is 4.79 Å². The van der Waals surface area contributed by atoms with E-state index in [2.05, 4.69) is 23.7 Å². The van der Waals surface area contributed by atoms with Gasteiger partial charge in [0.15, 0.2) is 5.17 Å². The van der Waals surface area contributed by atoms with Gasteiger partial charge in [0.1, 0.15) is 0 Å². The molecule has 0 aromatic heterocycles. The third kappa shape index (κ3) is 2.05. The summed E-state index contributed by atoms with van der Waals surface area (Å²) in [5.41, 5.74) is 0.467. The van der Waals surface area contributed by atoms with Gasteiger partial charge in [0, 0.05) is 13.1 Å². The van der Waals surface area contributed by atoms with Crippen LogP contribution in [0.1, 0.15) is 33.1 Å². The summed E-state index contributed by atoms with van der Waals surface area (Å²) in [6.45, 7) is 6.68. The number of carbonyl (C=O) groups is 1. The Balaban J connectivity index is 2.04. The molecule has 0 unspecified atom stereocenters. The first-order chi connectivity index (χ1) is 7.19. The van der Waals surface area contributed by atoms with E-state index in [1.165, 1.54) is 19.3 Å². The molecule has 0 saturated carbocycles. The second-order valence-corrected chi connectivity index (χ2v) is 5.40. The average Bonchev–Trinajstić information content (AvgIpc) is 2.84. The normalized spacial score (nSPS) is 24.8. The van der Waals surface area contributed by atoms with E-state index in [4.69, 9.17) is 0 Å². The first-order valence-corrected chi connectivity index (χ1v) is 6.67. The van der Waals surface area contributed by atoms with Crippen molar-refractivity contribution < 1.29 is 4.79 Å². The lowest BCUT2D eigenvalue weighted by Gasteiger charge is -2.26. The summed E-state index contributed by atoms with van der Waals surface area (Å²) in [5.74, 6) is 0.567. The number of amidine groups is 1. The van der Waals surface area contributed by atoms with Crippen LogP contribution in [0.3, 0.4) is 0 Å². The van der Waals surface area contributed by atoms with E-state index in [1.54, 1.807) is 11.8 Å². The van der Waals surface area contributed by atoms with Crippen molar-refractivity contribution >= 4 is 22.8 Å². The van der Waals surface area contributed by atoms with Crippen molar-refractivity contribution in [3.63, 3.8) is 0 Å². The van der Waals surface area contributed by atoms with Gasteiger partial charge in [0.25, 0.3) is 5.91 Å². The Hall–Kier alpha value is -0.510. The SMILES string of the molecule is CCC1(CC)CCN(C2=NC(=O)CS2)C1. The van der Waals surface area contributed by atoms with Gasteiger partial charge in [-0.25, -0.2) is 0 Å². The Labute approximate surface area is 95.3 Å². The van der Waals surface area contributed by atoms with Crippen LogP contribution in [0, 0.1) is 5.41 Å². The molecule has 84 valence electrons. The standard InChI is InChI=1S/C11H18N2OS/c1-3-11(4-2)5-6-13(8-11)10-12-9(14)7-15-10/h3-8H2,1-2H3. The van der Waals surface area contributed by atoms with Crippen LogP contribution >= 0.6 is 11.8 Å². The number of thioether (sulfide) groups is 1. The van der Waals surface area contributed by atoms with Gasteiger partial charge in [-0.1, -0.05) is 25.6 Å². The molecule has 0 aromatic carbocycles. The molecule has 0 aromatic rings. The van der Waals surface area contributed by atoms with Crippen molar-refractivity contribution in [2.75, 3.05) is 18.8 Å². The number of amides is 1. The topological polar surface area (TPSA) is 32.7 Å². The number of likely N-dealkylation sites (tertiary alicyclic amines) is 1. The van der Waals surface area contributed by atoms with Gasteiger partial charge in [-0.2, -0.15) is 4.99 Å². The molecule has 1 amide bonds. The molecule has 2 rings (SSSR count). The van der Waals surface area contributed by atoms with Crippen LogP contribution in [-0.4, -0.2) is 34.8 Å². The van der Waals surface area contributed by atoms with E-state index in [0.717, 1.165) is 18.3 Å². The molecule has 1 fully saturated rings. The molecule has 0 bridgehead atoms. The average molecular weight is 226 g/mol. The molecule has 1 saturated heterocycles. The molecule has 0 atom stereocenters. The summed E-state index contributed by atoms with van der Waals surface area (Å²) >= 11 is 1.60. The van der Waals surface area contributed by atoms with E-state index >= 15 is 0 Å². The Morgan fingerprint density at radius 3 is 2.67 bits per heavy atom. The minimum atomic E-state index is 0.0282. The van der Waals surface area contributed by atoms with Gasteiger partial charge >= 0.3 is 0 Å². The smallest absolute Gasteiger partial charge is 0.258 e. The van der Waals surface area contributed by atoms with Gasteiger partial charge < -0.3 is 4.90 Å². The quantitative estimate of drug-likeness (QED) is 0.723. The van der Waals surface area contributed by atoms with Gasteiger partial charge in [-0.3, -0.25) is 4.79 Å². The van der Waals surface area contributed by atoms with Crippen LogP contribution in [0.25, 0.3) is 0 Å². The van der Waals surface area contributed by atoms with Crippen molar-refractivity contribution in [2.24, 2.45) is 10.4 Å². The minimum Gasteiger partial charge on any atom is -0.351 e. The second-order valence-electron chi connectivity index (χ2n) is 4.46. The Kier molecular flexibility index (Phi) is 3.05. The maximum Gasteiger partial charge on any atom is 0.258 e. The van der Waals surface area contributed by atoms with Crippen molar-refractivity contribution in [1.29, 1.82) is 0 Å². The molecule has 15 heavy (non-hydrogen) atoms. The lowest BCUT2D eigenvalue weighted by Crippen LogP contribution is -2.29. The van der Waals surface area contributed by atoms with Gasteiger partial charge in [0.05, 0.1) is 5.75 Å². The van der Waals surface area contributed by atoms with E-state index in [1.807, 2.05) is 0 Å². The number of aliphatic imine (C=N–C) groups is 1. The maximum atomic E-state index is 11.1. The molecular weight excluding hydrogens is 208 g/mol. The molecular formula is C11H18N2OS. The van der Waals surface area contributed by atoms with E-state index < -0.39 is 0 Å². The van der Waals surface area contributed by atoms with Crippen molar-refractivity contribution in [1.82, 2.24) is 4.90 Å². The molecule has 0 N–H and O–H groups in total. The Morgan fingerprint density at radius 1 is 1.47 bits per heavy atom. The summed E-state index contributed by atoms with van der Waals surface area (Å²) in [7, 11) is 0. The van der Waals surface area contributed by atoms with Crippen LogP contribution in [0.4, 0.5) is 0 Å². The Morgan fingerprint density at radius 2 is 2.20 bits per heavy atom. The number of carbonyl (C=O) groups excluding carboxylic acids is 1. The first kappa shape index (κ1) is 11.0. The van der Waals surface area contributed by atoms with Crippen molar-refractivity contribution in [3.8, 4) is 0 Å². The second kappa shape index (κ2) is 4.16. The number of hydrogen-bond donors (Lipinski definition) is 0. The highest BCUT2D eigenvalue weighted by molar-refractivity contribution is 8.14. The predicted octanol–water partition coefficient (Wildman–Crippen LogP) is 2.13. The lowest BCUT2D eigenvalue weighted by atomic mass is 9.82. The summed E-state index contributed by atoms with van der Waals surface area (Å²) in [5, 5.41) is 0.962. The lowest BCUT2D eigenvalue weighted by molar-refractivity contribution is -0.115. The zero-order chi connectivity index (χ0) is 10.9. The van der Waals surface area contributed by atoms with Crippen LogP contribution < -0.4 is 0 Å². The summed E-state index contributed by atoms with van der Waals surface area (Å²) < 4.78 is 0. The number of rotatable bonds is 2. The predicted molar refractivity (Wildman–Crippen MR) is 64.1 cm³/mol. The summed E-state index contributed by atoms with van der Waals surface area (Å²) in [6, 6.07) is 0. The third-order valence-corrected chi connectivity index (χ3v) is 4.75. The van der Waals surface area contributed by atoms with Crippen LogP contribution in [0.5, 0.6) is 0 Å². The molecule has 4 heteroatoms. The zero-order valence-corrected chi connectivity index (χ0v) is 10.3. The fraction of sp³-hybridized carbons (Fsp3) is 0.818. The maximum absolute atomic E-state index is 11.1. The Bertz CT molecular complexity index is 297. The van der Waals surface area contributed by atoms with Gasteiger partial charge in [-0.15, -0.1) is 0 Å². The fourth-order valence-electron chi connectivity index (χ4n) is 2.39. The molecule has 0 spiro atoms. The van der Waals surface area contributed by atoms with E-state index in [-0.39, 0.29) is 5.91 Å². The highest BCUT2D eigenvalue weighted by Crippen LogP contribution is 2.38. The largest absolute Gasteiger partial charge is 0.351 e. The van der Waals surface area contributed by atoms with Crippen molar-refractivity contribution in [2.45, 2.75) is 33.1 Å². The molecule has 2 aliphatic rings. The zero-order valence-electron chi connectivity index (χ0n) is 9.45. The minimum absolute atomic E-state index is 0.0282. The monoisotopic (exact) mass is 226 g/mol. The van der Waals surface area contributed by atoms with E-state index in [0.29, 0.717) is 11.2 Å². The highest BCUT2D eigenvalue weighted by atomic mass is 32.2. The summed E-state index contributed by atoms with van der Waals surface area (Å²) in [6.07, 6.45) is 3.70. The number of nitrogens with zero attached hydrogens (tertiary/aromatic N) is 2. The molecule has 2 heterocycles. The third-order valence-electron chi connectivity index (χ3n) is 3.75. The van der Waals surface area contributed by atoms with Gasteiger partial charge in [0.2, 0.25) is 0 Å². The van der Waals surface area contributed by atoms with E-state index in [9.17, 15) is 4.79 Å². The van der Waals surface area contributed by atoms with Crippen LogP contribution in [0.15, 0.2) is 4.99 Å². The van der Waals surface area contributed by atoms with Gasteiger partial charge in [-0.05, 0) is 24.7 Å².